The number of aromatic nitrogens is 2. The van der Waals surface area contributed by atoms with E-state index in [4.69, 9.17) is 5.73 Å². The number of alkyl halides is 3. The van der Waals surface area contributed by atoms with E-state index < -0.39 is 17.8 Å². The second kappa shape index (κ2) is 5.28. The molecule has 0 aliphatic heterocycles. The lowest BCUT2D eigenvalue weighted by atomic mass is 10.0. The topological polar surface area (TPSA) is 43.8 Å². The van der Waals surface area contributed by atoms with E-state index in [1.807, 2.05) is 13.8 Å². The normalized spacial score (nSPS) is 13.5. The van der Waals surface area contributed by atoms with Gasteiger partial charge in [0.25, 0.3) is 0 Å². The number of nitrogens with two attached hydrogens (primary N) is 1. The summed E-state index contributed by atoms with van der Waals surface area (Å²) in [4.78, 5) is 0. The second-order valence-corrected chi connectivity index (χ2v) is 4.63. The molecule has 1 atom stereocenters. The Balaban J connectivity index is 2.40. The Bertz CT molecular complexity index is 602. The van der Waals surface area contributed by atoms with Gasteiger partial charge in [0.05, 0.1) is 23.0 Å². The van der Waals surface area contributed by atoms with E-state index in [9.17, 15) is 13.2 Å². The van der Waals surface area contributed by atoms with E-state index in [1.54, 1.807) is 16.8 Å². The Kier molecular flexibility index (Phi) is 3.85. The summed E-state index contributed by atoms with van der Waals surface area (Å²) in [6.45, 7) is 4.36. The molecule has 0 spiro atoms. The molecule has 0 aliphatic rings. The van der Waals surface area contributed by atoms with Crippen LogP contribution < -0.4 is 5.73 Å². The van der Waals surface area contributed by atoms with Crippen LogP contribution in [0.2, 0.25) is 0 Å². The average Bonchev–Trinajstić information content (AvgIpc) is 2.78. The fourth-order valence-corrected chi connectivity index (χ4v) is 2.15. The molecule has 20 heavy (non-hydrogen) atoms. The number of aryl methyl sites for hydroxylation is 2. The minimum atomic E-state index is -4.36. The third-order valence-corrected chi connectivity index (χ3v) is 3.12. The zero-order valence-corrected chi connectivity index (χ0v) is 11.3. The minimum absolute atomic E-state index is 0.425. The Morgan fingerprint density at radius 2 is 2.00 bits per heavy atom. The van der Waals surface area contributed by atoms with Gasteiger partial charge in [-0.25, -0.2) is 0 Å². The molecule has 1 heterocycles. The molecule has 108 valence electrons. The third kappa shape index (κ3) is 2.85. The van der Waals surface area contributed by atoms with Crippen LogP contribution in [0.25, 0.3) is 0 Å². The summed E-state index contributed by atoms with van der Waals surface area (Å²) in [5.41, 5.74) is 7.33. The van der Waals surface area contributed by atoms with Gasteiger partial charge in [-0.1, -0.05) is 12.1 Å². The van der Waals surface area contributed by atoms with E-state index in [1.165, 1.54) is 6.07 Å². The maximum Gasteiger partial charge on any atom is 0.416 e. The van der Waals surface area contributed by atoms with Gasteiger partial charge in [0.2, 0.25) is 0 Å². The smallest absolute Gasteiger partial charge is 0.319 e. The largest absolute Gasteiger partial charge is 0.416 e. The van der Waals surface area contributed by atoms with Crippen molar-refractivity contribution in [1.82, 2.24) is 9.78 Å². The van der Waals surface area contributed by atoms with Crippen LogP contribution >= 0.6 is 0 Å². The molecule has 1 unspecified atom stereocenters. The van der Waals surface area contributed by atoms with Crippen molar-refractivity contribution in [2.24, 2.45) is 5.73 Å². The Hall–Kier alpha value is -1.82. The molecule has 2 rings (SSSR count). The van der Waals surface area contributed by atoms with Crippen LogP contribution in [0.5, 0.6) is 0 Å². The van der Waals surface area contributed by atoms with Crippen molar-refractivity contribution >= 4 is 0 Å². The zero-order valence-electron chi connectivity index (χ0n) is 11.3. The number of nitrogens with zero attached hydrogens (tertiary/aromatic N) is 2. The van der Waals surface area contributed by atoms with Gasteiger partial charge < -0.3 is 5.73 Å². The summed E-state index contributed by atoms with van der Waals surface area (Å²) in [5, 5.41) is 4.26. The minimum Gasteiger partial charge on any atom is -0.319 e. The van der Waals surface area contributed by atoms with Gasteiger partial charge in [-0.2, -0.15) is 18.3 Å². The molecular formula is C14H16F3N3. The van der Waals surface area contributed by atoms with Gasteiger partial charge >= 0.3 is 6.18 Å². The summed E-state index contributed by atoms with van der Waals surface area (Å²) in [7, 11) is 0. The molecule has 2 N–H and O–H groups in total. The molecule has 0 fully saturated rings. The summed E-state index contributed by atoms with van der Waals surface area (Å²) in [6, 6.07) is 6.28. The molecule has 0 saturated heterocycles. The van der Waals surface area contributed by atoms with Gasteiger partial charge in [0.1, 0.15) is 0 Å². The summed E-state index contributed by atoms with van der Waals surface area (Å²) in [6.07, 6.45) is -4.36. The number of hydrogen-bond donors (Lipinski definition) is 1. The predicted molar refractivity (Wildman–Crippen MR) is 70.1 cm³/mol. The van der Waals surface area contributed by atoms with Gasteiger partial charge in [-0.15, -0.1) is 0 Å². The maximum absolute atomic E-state index is 12.7. The molecule has 6 heteroatoms. The van der Waals surface area contributed by atoms with Gasteiger partial charge in [-0.05, 0) is 37.6 Å². The molecule has 0 amide bonds. The van der Waals surface area contributed by atoms with Crippen LogP contribution in [0, 0.1) is 6.92 Å². The van der Waals surface area contributed by atoms with Gasteiger partial charge in [0.15, 0.2) is 0 Å². The van der Waals surface area contributed by atoms with Crippen molar-refractivity contribution in [3.05, 3.63) is 52.8 Å². The molecule has 1 aromatic carbocycles. The number of benzene rings is 1. The highest BCUT2D eigenvalue weighted by atomic mass is 19.4. The fourth-order valence-electron chi connectivity index (χ4n) is 2.15. The molecule has 1 aromatic heterocycles. The number of hydrogen-bond acceptors (Lipinski definition) is 2. The third-order valence-electron chi connectivity index (χ3n) is 3.12. The lowest BCUT2D eigenvalue weighted by molar-refractivity contribution is -0.137. The van der Waals surface area contributed by atoms with Crippen molar-refractivity contribution in [2.45, 2.75) is 32.6 Å². The van der Waals surface area contributed by atoms with E-state index in [0.29, 0.717) is 17.8 Å². The predicted octanol–water partition coefficient (Wildman–Crippen LogP) is 3.28. The Morgan fingerprint density at radius 3 is 2.60 bits per heavy atom. The lowest BCUT2D eigenvalue weighted by Crippen LogP contribution is -2.18. The first kappa shape index (κ1) is 14.6. The zero-order chi connectivity index (χ0) is 14.9. The first-order valence-electron chi connectivity index (χ1n) is 6.30. The van der Waals surface area contributed by atoms with Crippen LogP contribution in [-0.4, -0.2) is 9.78 Å². The van der Waals surface area contributed by atoms with Crippen LogP contribution in [0.1, 0.15) is 35.5 Å². The molecule has 3 nitrogen and oxygen atoms in total. The highest BCUT2D eigenvalue weighted by Gasteiger charge is 2.31. The van der Waals surface area contributed by atoms with E-state index in [0.717, 1.165) is 17.8 Å². The lowest BCUT2D eigenvalue weighted by Gasteiger charge is -2.15. The molecular weight excluding hydrogens is 267 g/mol. The molecule has 0 aliphatic carbocycles. The van der Waals surface area contributed by atoms with Crippen LogP contribution in [-0.2, 0) is 12.7 Å². The van der Waals surface area contributed by atoms with Crippen molar-refractivity contribution in [3.63, 3.8) is 0 Å². The SMILES string of the molecule is CCn1nc(C)cc1C(N)c1cccc(C(F)(F)F)c1. The fraction of sp³-hybridized carbons (Fsp3) is 0.357. The highest BCUT2D eigenvalue weighted by molar-refractivity contribution is 5.33. The van der Waals surface area contributed by atoms with Crippen molar-refractivity contribution in [1.29, 1.82) is 0 Å². The summed E-state index contributed by atoms with van der Waals surface area (Å²) >= 11 is 0. The summed E-state index contributed by atoms with van der Waals surface area (Å²) < 4.78 is 39.9. The highest BCUT2D eigenvalue weighted by Crippen LogP contribution is 2.31. The van der Waals surface area contributed by atoms with Crippen LogP contribution in [0.3, 0.4) is 0 Å². The summed E-state index contributed by atoms with van der Waals surface area (Å²) in [5.74, 6) is 0. The average molecular weight is 283 g/mol. The van der Waals surface area contributed by atoms with Crippen LogP contribution in [0.4, 0.5) is 13.2 Å². The van der Waals surface area contributed by atoms with E-state index in [-0.39, 0.29) is 0 Å². The molecule has 2 aromatic rings. The first-order valence-corrected chi connectivity index (χ1v) is 6.30. The van der Waals surface area contributed by atoms with Crippen molar-refractivity contribution in [2.75, 3.05) is 0 Å². The Morgan fingerprint density at radius 1 is 1.30 bits per heavy atom. The molecule has 0 saturated carbocycles. The number of halogens is 3. The first-order chi connectivity index (χ1) is 9.32. The number of rotatable bonds is 3. The second-order valence-electron chi connectivity index (χ2n) is 4.63. The van der Waals surface area contributed by atoms with Gasteiger partial charge in [0, 0.05) is 6.54 Å². The van der Waals surface area contributed by atoms with Crippen LogP contribution in [0.15, 0.2) is 30.3 Å². The van der Waals surface area contributed by atoms with Gasteiger partial charge in [-0.3, -0.25) is 4.68 Å². The molecule has 0 radical (unpaired) electrons. The maximum atomic E-state index is 12.7. The standard InChI is InChI=1S/C14H16F3N3/c1-3-20-12(7-9(2)19-20)13(18)10-5-4-6-11(8-10)14(15,16)17/h4-8,13H,3,18H2,1-2H3. The Labute approximate surface area is 115 Å². The quantitative estimate of drug-likeness (QED) is 0.939. The van der Waals surface area contributed by atoms with Crippen molar-refractivity contribution < 1.29 is 13.2 Å². The van der Waals surface area contributed by atoms with E-state index >= 15 is 0 Å². The monoisotopic (exact) mass is 283 g/mol. The molecule has 0 bridgehead atoms. The van der Waals surface area contributed by atoms with Crippen molar-refractivity contribution in [3.8, 4) is 0 Å². The van der Waals surface area contributed by atoms with E-state index in [2.05, 4.69) is 5.10 Å².